The predicted octanol–water partition coefficient (Wildman–Crippen LogP) is 6.15. The fraction of sp³-hybridized carbons (Fsp3) is 0.120. The summed E-state index contributed by atoms with van der Waals surface area (Å²) in [6, 6.07) is 28.2. The van der Waals surface area contributed by atoms with E-state index in [1.165, 1.54) is 44.2 Å². The Bertz CT molecular complexity index is 1240. The van der Waals surface area contributed by atoms with Crippen molar-refractivity contribution >= 4 is 21.8 Å². The molecule has 1 atom stereocenters. The summed E-state index contributed by atoms with van der Waals surface area (Å²) in [5.41, 5.74) is 7.75. The molecule has 1 N–H and O–H groups in total. The third-order valence-electron chi connectivity index (χ3n) is 5.60. The molecule has 0 spiro atoms. The molecule has 5 rings (SSSR count). The highest BCUT2D eigenvalue weighted by Crippen LogP contribution is 2.41. The van der Waals surface area contributed by atoms with Crippen LogP contribution in [-0.2, 0) is 7.05 Å². The number of para-hydroxylation sites is 2. The van der Waals surface area contributed by atoms with Crippen molar-refractivity contribution in [3.8, 4) is 0 Å². The minimum Gasteiger partial charge on any atom is -0.358 e. The maximum absolute atomic E-state index is 3.60. The topological polar surface area (TPSA) is 20.7 Å². The number of H-pyrrole nitrogens is 1. The summed E-state index contributed by atoms with van der Waals surface area (Å²) < 4.78 is 2.24. The zero-order valence-corrected chi connectivity index (χ0v) is 15.6. The minimum absolute atomic E-state index is 0.188. The van der Waals surface area contributed by atoms with E-state index in [-0.39, 0.29) is 5.92 Å². The van der Waals surface area contributed by atoms with E-state index in [0.717, 1.165) is 0 Å². The van der Waals surface area contributed by atoms with Crippen molar-refractivity contribution < 1.29 is 0 Å². The van der Waals surface area contributed by atoms with Crippen molar-refractivity contribution in [2.75, 3.05) is 0 Å². The number of hydrogen-bond donors (Lipinski definition) is 1. The van der Waals surface area contributed by atoms with Crippen molar-refractivity contribution in [3.05, 3.63) is 107 Å². The third kappa shape index (κ3) is 2.48. The second-order valence-electron chi connectivity index (χ2n) is 7.27. The van der Waals surface area contributed by atoms with Gasteiger partial charge in [-0.1, -0.05) is 66.7 Å². The van der Waals surface area contributed by atoms with E-state index < -0.39 is 0 Å². The van der Waals surface area contributed by atoms with E-state index in [0.29, 0.717) is 0 Å². The number of fused-ring (bicyclic) bond motifs is 2. The van der Waals surface area contributed by atoms with Crippen LogP contribution in [0.3, 0.4) is 0 Å². The van der Waals surface area contributed by atoms with Crippen LogP contribution in [0.15, 0.2) is 85.1 Å². The first kappa shape index (κ1) is 16.0. The van der Waals surface area contributed by atoms with Crippen molar-refractivity contribution in [3.63, 3.8) is 0 Å². The quantitative estimate of drug-likeness (QED) is 0.403. The van der Waals surface area contributed by atoms with Crippen LogP contribution in [0.4, 0.5) is 0 Å². The van der Waals surface area contributed by atoms with E-state index >= 15 is 0 Å². The lowest BCUT2D eigenvalue weighted by Gasteiger charge is -2.19. The van der Waals surface area contributed by atoms with Gasteiger partial charge in [0.25, 0.3) is 0 Å². The molecule has 0 radical (unpaired) electrons. The van der Waals surface area contributed by atoms with Crippen LogP contribution >= 0.6 is 0 Å². The molecule has 5 aromatic rings. The van der Waals surface area contributed by atoms with Crippen LogP contribution < -0.4 is 0 Å². The van der Waals surface area contributed by atoms with Crippen molar-refractivity contribution in [2.24, 2.45) is 7.05 Å². The Labute approximate surface area is 159 Å². The molecule has 0 fully saturated rings. The van der Waals surface area contributed by atoms with E-state index in [9.17, 15) is 0 Å². The van der Waals surface area contributed by atoms with Gasteiger partial charge < -0.3 is 9.55 Å². The normalized spacial score (nSPS) is 12.7. The third-order valence-corrected chi connectivity index (χ3v) is 5.60. The second kappa shape index (κ2) is 6.17. The number of nitrogens with one attached hydrogen (secondary N) is 1. The first-order valence-electron chi connectivity index (χ1n) is 9.40. The maximum Gasteiger partial charge on any atom is 0.0480 e. The van der Waals surface area contributed by atoms with E-state index in [1.54, 1.807) is 0 Å². The molecular weight excluding hydrogens is 328 g/mol. The molecule has 0 amide bonds. The Morgan fingerprint density at radius 1 is 0.778 bits per heavy atom. The molecule has 0 saturated heterocycles. The van der Waals surface area contributed by atoms with E-state index in [2.05, 4.69) is 109 Å². The average Bonchev–Trinajstić information content (AvgIpc) is 3.21. The minimum atomic E-state index is 0.188. The van der Waals surface area contributed by atoms with E-state index in [4.69, 9.17) is 0 Å². The molecule has 2 nitrogen and oxygen atoms in total. The van der Waals surface area contributed by atoms with Gasteiger partial charge in [0.05, 0.1) is 0 Å². The maximum atomic E-state index is 3.60. The molecule has 0 aliphatic rings. The molecular formula is C25H22N2. The molecule has 3 aromatic carbocycles. The highest BCUT2D eigenvalue weighted by Gasteiger charge is 2.25. The summed E-state index contributed by atoms with van der Waals surface area (Å²) in [5.74, 6) is 0.188. The van der Waals surface area contributed by atoms with Crippen LogP contribution in [0.2, 0.25) is 0 Å². The Kier molecular flexibility index (Phi) is 3.64. The van der Waals surface area contributed by atoms with Gasteiger partial charge in [-0.05, 0) is 35.7 Å². The van der Waals surface area contributed by atoms with Gasteiger partial charge in [0.1, 0.15) is 0 Å². The molecule has 0 aliphatic heterocycles. The Morgan fingerprint density at radius 3 is 2.26 bits per heavy atom. The van der Waals surface area contributed by atoms with Gasteiger partial charge in [0, 0.05) is 46.7 Å². The number of aromatic amines is 1. The van der Waals surface area contributed by atoms with Crippen LogP contribution in [0.5, 0.6) is 0 Å². The van der Waals surface area contributed by atoms with E-state index in [1.807, 2.05) is 0 Å². The highest BCUT2D eigenvalue weighted by molar-refractivity contribution is 5.90. The lowest BCUT2D eigenvalue weighted by Crippen LogP contribution is -2.04. The molecule has 0 aliphatic carbocycles. The Balaban J connectivity index is 1.86. The van der Waals surface area contributed by atoms with Gasteiger partial charge in [-0.25, -0.2) is 0 Å². The van der Waals surface area contributed by atoms with Gasteiger partial charge in [0.15, 0.2) is 0 Å². The molecule has 2 heterocycles. The monoisotopic (exact) mass is 350 g/mol. The number of aromatic nitrogens is 2. The standard InChI is InChI=1S/C25H22N2/c1-17-24(20-13-6-8-14-22(20)26-17)25(18-10-4-3-5-11-18)21-16-27(2)23-15-9-7-12-19(21)23/h3-16,25-26H,1-2H3. The highest BCUT2D eigenvalue weighted by atomic mass is 14.9. The van der Waals surface area contributed by atoms with Gasteiger partial charge in [-0.3, -0.25) is 0 Å². The average molecular weight is 350 g/mol. The number of benzene rings is 3. The SMILES string of the molecule is Cc1[nH]c2ccccc2c1C(c1ccccc1)c1cn(C)c2ccccc12. The fourth-order valence-electron chi connectivity index (χ4n) is 4.42. The molecule has 0 saturated carbocycles. The summed E-state index contributed by atoms with van der Waals surface area (Å²) in [6.45, 7) is 2.19. The largest absolute Gasteiger partial charge is 0.358 e. The molecule has 2 aromatic heterocycles. The summed E-state index contributed by atoms with van der Waals surface area (Å²) in [7, 11) is 2.13. The van der Waals surface area contributed by atoms with Crippen LogP contribution in [0.25, 0.3) is 21.8 Å². The second-order valence-corrected chi connectivity index (χ2v) is 7.27. The summed E-state index contributed by atoms with van der Waals surface area (Å²) in [5, 5.41) is 2.62. The van der Waals surface area contributed by atoms with Crippen molar-refractivity contribution in [1.29, 1.82) is 0 Å². The van der Waals surface area contributed by atoms with Gasteiger partial charge in [-0.15, -0.1) is 0 Å². The molecule has 27 heavy (non-hydrogen) atoms. The fourth-order valence-corrected chi connectivity index (χ4v) is 4.42. The van der Waals surface area contributed by atoms with Crippen molar-refractivity contribution in [1.82, 2.24) is 9.55 Å². The molecule has 132 valence electrons. The first-order valence-corrected chi connectivity index (χ1v) is 9.40. The number of hydrogen-bond acceptors (Lipinski definition) is 0. The number of nitrogens with zero attached hydrogens (tertiary/aromatic N) is 1. The Morgan fingerprint density at radius 2 is 1.44 bits per heavy atom. The van der Waals surface area contributed by atoms with Crippen LogP contribution in [0, 0.1) is 6.92 Å². The Hall–Kier alpha value is -3.26. The lowest BCUT2D eigenvalue weighted by molar-refractivity contribution is 0.925. The number of rotatable bonds is 3. The van der Waals surface area contributed by atoms with Crippen LogP contribution in [0.1, 0.15) is 28.3 Å². The summed E-state index contributed by atoms with van der Waals surface area (Å²) in [6.07, 6.45) is 2.30. The molecule has 0 bridgehead atoms. The zero-order chi connectivity index (χ0) is 18.4. The molecule has 1 unspecified atom stereocenters. The predicted molar refractivity (Wildman–Crippen MR) is 113 cm³/mol. The van der Waals surface area contributed by atoms with Gasteiger partial charge in [0.2, 0.25) is 0 Å². The van der Waals surface area contributed by atoms with Crippen LogP contribution in [-0.4, -0.2) is 9.55 Å². The smallest absolute Gasteiger partial charge is 0.0480 e. The van der Waals surface area contributed by atoms with Gasteiger partial charge >= 0.3 is 0 Å². The summed E-state index contributed by atoms with van der Waals surface area (Å²) in [4.78, 5) is 3.60. The molecule has 2 heteroatoms. The van der Waals surface area contributed by atoms with Gasteiger partial charge in [-0.2, -0.15) is 0 Å². The summed E-state index contributed by atoms with van der Waals surface area (Å²) >= 11 is 0. The lowest BCUT2D eigenvalue weighted by atomic mass is 9.83. The van der Waals surface area contributed by atoms with Crippen molar-refractivity contribution in [2.45, 2.75) is 12.8 Å². The first-order chi connectivity index (χ1) is 13.2. The zero-order valence-electron chi connectivity index (χ0n) is 15.6. The number of aryl methyl sites for hydroxylation is 2.